The first-order valence-electron chi connectivity index (χ1n) is 7.95. The predicted molar refractivity (Wildman–Crippen MR) is 93.2 cm³/mol. The zero-order valence-electron chi connectivity index (χ0n) is 13.6. The highest BCUT2D eigenvalue weighted by molar-refractivity contribution is 5.83. The Hall–Kier alpha value is -3.08. The zero-order valence-corrected chi connectivity index (χ0v) is 13.6. The molecule has 0 aliphatic heterocycles. The molecule has 4 aromatic rings. The second-order valence-corrected chi connectivity index (χ2v) is 5.94. The van der Waals surface area contributed by atoms with E-state index in [-0.39, 0.29) is 12.0 Å². The number of rotatable bonds is 3. The third kappa shape index (κ3) is 2.78. The molecule has 0 radical (unpaired) electrons. The lowest BCUT2D eigenvalue weighted by atomic mass is 9.99. The quantitative estimate of drug-likeness (QED) is 0.584. The molecule has 0 atom stereocenters. The molecular formula is C20H15F2N3. The number of aromatic nitrogens is 3. The number of imidazole rings is 1. The molecule has 0 fully saturated rings. The van der Waals surface area contributed by atoms with Gasteiger partial charge < -0.3 is 4.98 Å². The van der Waals surface area contributed by atoms with Crippen molar-refractivity contribution in [3.8, 4) is 11.4 Å². The van der Waals surface area contributed by atoms with Crippen LogP contribution in [0.15, 0.2) is 54.9 Å². The summed E-state index contributed by atoms with van der Waals surface area (Å²) < 4.78 is 27.9. The fraction of sp³-hybridized carbons (Fsp3) is 0.100. The van der Waals surface area contributed by atoms with Crippen LogP contribution in [0.1, 0.15) is 16.7 Å². The van der Waals surface area contributed by atoms with Crippen LogP contribution < -0.4 is 0 Å². The molecule has 0 bridgehead atoms. The van der Waals surface area contributed by atoms with Crippen LogP contribution in [0.4, 0.5) is 8.78 Å². The molecule has 0 saturated heterocycles. The lowest BCUT2D eigenvalue weighted by molar-refractivity contribution is 0.561. The van der Waals surface area contributed by atoms with Gasteiger partial charge in [0, 0.05) is 29.9 Å². The van der Waals surface area contributed by atoms with Gasteiger partial charge in [-0.3, -0.25) is 4.98 Å². The van der Waals surface area contributed by atoms with Crippen LogP contribution in [-0.4, -0.2) is 15.0 Å². The number of hydrogen-bond donors (Lipinski definition) is 1. The molecule has 0 amide bonds. The molecule has 0 unspecified atom stereocenters. The summed E-state index contributed by atoms with van der Waals surface area (Å²) >= 11 is 0. The number of nitrogens with zero attached hydrogens (tertiary/aromatic N) is 2. The fourth-order valence-electron chi connectivity index (χ4n) is 2.98. The van der Waals surface area contributed by atoms with Crippen LogP contribution in [0.5, 0.6) is 0 Å². The summed E-state index contributed by atoms with van der Waals surface area (Å²) in [6.07, 6.45) is 3.61. The van der Waals surface area contributed by atoms with Gasteiger partial charge in [0.2, 0.25) is 0 Å². The number of H-pyrrole nitrogens is 1. The third-order valence-electron chi connectivity index (χ3n) is 4.40. The van der Waals surface area contributed by atoms with Crippen molar-refractivity contribution in [1.29, 1.82) is 0 Å². The van der Waals surface area contributed by atoms with Crippen LogP contribution in [0, 0.1) is 18.6 Å². The summed E-state index contributed by atoms with van der Waals surface area (Å²) in [7, 11) is 0. The van der Waals surface area contributed by atoms with Crippen molar-refractivity contribution in [2.24, 2.45) is 0 Å². The molecule has 3 nitrogen and oxygen atoms in total. The Labute approximate surface area is 143 Å². The van der Waals surface area contributed by atoms with Gasteiger partial charge in [-0.15, -0.1) is 0 Å². The van der Waals surface area contributed by atoms with Crippen molar-refractivity contribution in [1.82, 2.24) is 15.0 Å². The predicted octanol–water partition coefficient (Wildman–Crippen LogP) is 4.80. The number of nitrogens with one attached hydrogen (secondary N) is 1. The molecule has 5 heteroatoms. The maximum Gasteiger partial charge on any atom is 0.138 e. The van der Waals surface area contributed by atoms with Crippen molar-refractivity contribution in [3.63, 3.8) is 0 Å². The first-order chi connectivity index (χ1) is 12.1. The van der Waals surface area contributed by atoms with E-state index in [1.807, 2.05) is 31.2 Å². The number of hydrogen-bond acceptors (Lipinski definition) is 2. The van der Waals surface area contributed by atoms with E-state index in [0.29, 0.717) is 0 Å². The van der Waals surface area contributed by atoms with E-state index in [1.165, 1.54) is 18.2 Å². The topological polar surface area (TPSA) is 41.6 Å². The smallest absolute Gasteiger partial charge is 0.138 e. The summed E-state index contributed by atoms with van der Waals surface area (Å²) in [5.74, 6) is -0.312. The molecule has 0 saturated carbocycles. The highest BCUT2D eigenvalue weighted by atomic mass is 19.1. The Morgan fingerprint density at radius 2 is 1.68 bits per heavy atom. The van der Waals surface area contributed by atoms with Gasteiger partial charge in [-0.1, -0.05) is 12.1 Å². The SMILES string of the molecule is Cc1c(Cc2c(F)cccc2F)ccc2[nH]c(-c3ccncc3)nc12. The molecule has 2 aromatic heterocycles. The van der Waals surface area contributed by atoms with Crippen LogP contribution >= 0.6 is 0 Å². The average molecular weight is 335 g/mol. The number of fused-ring (bicyclic) bond motifs is 1. The van der Waals surface area contributed by atoms with Gasteiger partial charge in [-0.25, -0.2) is 13.8 Å². The van der Waals surface area contributed by atoms with Crippen molar-refractivity contribution < 1.29 is 8.78 Å². The number of pyridine rings is 1. The van der Waals surface area contributed by atoms with Crippen LogP contribution in [-0.2, 0) is 6.42 Å². The van der Waals surface area contributed by atoms with Gasteiger partial charge in [0.15, 0.2) is 0 Å². The van der Waals surface area contributed by atoms with E-state index in [1.54, 1.807) is 12.4 Å². The standard InChI is InChI=1S/C20H15F2N3/c1-12-14(11-15-16(21)3-2-4-17(15)22)5-6-18-19(12)25-20(24-18)13-7-9-23-10-8-13/h2-10H,11H2,1H3,(H,24,25). The fourth-order valence-corrected chi connectivity index (χ4v) is 2.98. The van der Waals surface area contributed by atoms with Crippen molar-refractivity contribution >= 4 is 11.0 Å². The van der Waals surface area contributed by atoms with Crippen LogP contribution in [0.3, 0.4) is 0 Å². The number of halogens is 2. The Morgan fingerprint density at radius 1 is 0.960 bits per heavy atom. The molecule has 0 spiro atoms. The molecule has 124 valence electrons. The van der Waals surface area contributed by atoms with Crippen molar-refractivity contribution in [2.45, 2.75) is 13.3 Å². The minimum Gasteiger partial charge on any atom is -0.338 e. The minimum atomic E-state index is -0.529. The third-order valence-corrected chi connectivity index (χ3v) is 4.40. The van der Waals surface area contributed by atoms with Gasteiger partial charge >= 0.3 is 0 Å². The van der Waals surface area contributed by atoms with Gasteiger partial charge in [0.25, 0.3) is 0 Å². The summed E-state index contributed by atoms with van der Waals surface area (Å²) in [5.41, 5.74) is 4.48. The zero-order chi connectivity index (χ0) is 17.4. The monoisotopic (exact) mass is 335 g/mol. The first-order valence-corrected chi connectivity index (χ1v) is 7.95. The second-order valence-electron chi connectivity index (χ2n) is 5.94. The number of benzene rings is 2. The Morgan fingerprint density at radius 3 is 2.40 bits per heavy atom. The summed E-state index contributed by atoms with van der Waals surface area (Å²) in [4.78, 5) is 11.9. The lowest BCUT2D eigenvalue weighted by Gasteiger charge is -2.08. The number of aryl methyl sites for hydroxylation is 1. The molecule has 0 aliphatic rings. The maximum absolute atomic E-state index is 13.9. The highest BCUT2D eigenvalue weighted by Crippen LogP contribution is 2.27. The van der Waals surface area contributed by atoms with E-state index >= 15 is 0 Å². The largest absolute Gasteiger partial charge is 0.338 e. The van der Waals surface area contributed by atoms with Gasteiger partial charge in [0.05, 0.1) is 11.0 Å². The van der Waals surface area contributed by atoms with Gasteiger partial charge in [-0.05, 0) is 48.4 Å². The minimum absolute atomic E-state index is 0.0786. The van der Waals surface area contributed by atoms with Gasteiger partial charge in [-0.2, -0.15) is 0 Å². The first kappa shape index (κ1) is 15.4. The Kier molecular flexibility index (Phi) is 3.76. The summed E-state index contributed by atoms with van der Waals surface area (Å²) in [6, 6.07) is 11.5. The summed E-state index contributed by atoms with van der Waals surface area (Å²) in [6.45, 7) is 1.92. The molecule has 2 aromatic carbocycles. The maximum atomic E-state index is 13.9. The van der Waals surface area contributed by atoms with Gasteiger partial charge in [0.1, 0.15) is 17.5 Å². The van der Waals surface area contributed by atoms with E-state index < -0.39 is 11.6 Å². The normalized spacial score (nSPS) is 11.2. The van der Waals surface area contributed by atoms with Crippen molar-refractivity contribution in [2.75, 3.05) is 0 Å². The van der Waals surface area contributed by atoms with E-state index in [2.05, 4.69) is 15.0 Å². The lowest BCUT2D eigenvalue weighted by Crippen LogP contribution is -1.99. The molecule has 1 N–H and O–H groups in total. The van der Waals surface area contributed by atoms with E-state index in [4.69, 9.17) is 0 Å². The molecule has 4 rings (SSSR count). The Bertz CT molecular complexity index is 1040. The highest BCUT2D eigenvalue weighted by Gasteiger charge is 2.14. The van der Waals surface area contributed by atoms with Crippen LogP contribution in [0.2, 0.25) is 0 Å². The van der Waals surface area contributed by atoms with E-state index in [9.17, 15) is 8.78 Å². The number of aromatic amines is 1. The summed E-state index contributed by atoms with van der Waals surface area (Å²) in [5, 5.41) is 0. The molecule has 25 heavy (non-hydrogen) atoms. The molecule has 2 heterocycles. The molecule has 0 aliphatic carbocycles. The second kappa shape index (κ2) is 6.09. The van der Waals surface area contributed by atoms with Crippen LogP contribution in [0.25, 0.3) is 22.4 Å². The van der Waals surface area contributed by atoms with Crippen molar-refractivity contribution in [3.05, 3.63) is 83.2 Å². The molecular weight excluding hydrogens is 320 g/mol. The average Bonchev–Trinajstić information content (AvgIpc) is 3.06. The van der Waals surface area contributed by atoms with E-state index in [0.717, 1.165) is 33.5 Å². The Balaban J connectivity index is 1.78.